The number of aromatic nitrogens is 1. The van der Waals surface area contributed by atoms with Crippen molar-refractivity contribution in [1.82, 2.24) is 4.98 Å². The maximum absolute atomic E-state index is 12.9. The van der Waals surface area contributed by atoms with E-state index in [0.29, 0.717) is 33.7 Å². The Morgan fingerprint density at radius 2 is 1.47 bits per heavy atom. The summed E-state index contributed by atoms with van der Waals surface area (Å²) in [5.41, 5.74) is 2.12. The van der Waals surface area contributed by atoms with Gasteiger partial charge in [-0.05, 0) is 31.2 Å². The van der Waals surface area contributed by atoms with Crippen molar-refractivity contribution in [3.8, 4) is 17.0 Å². The molecule has 34 heavy (non-hydrogen) atoms. The predicted octanol–water partition coefficient (Wildman–Crippen LogP) is 7.02. The zero-order chi connectivity index (χ0) is 24.1. The molecule has 0 unspecified atom stereocenters. The van der Waals surface area contributed by atoms with E-state index < -0.39 is 5.91 Å². The average molecular weight is 512 g/mol. The molecule has 9 heteroatoms. The number of anilines is 2. The minimum Gasteiger partial charge on any atom is -0.491 e. The Morgan fingerprint density at radius 1 is 0.882 bits per heavy atom. The third-order valence-electron chi connectivity index (χ3n) is 4.71. The monoisotopic (exact) mass is 511 g/mol. The van der Waals surface area contributed by atoms with E-state index in [1.807, 2.05) is 43.3 Å². The van der Waals surface area contributed by atoms with E-state index in [9.17, 15) is 9.59 Å². The van der Waals surface area contributed by atoms with Crippen molar-refractivity contribution in [2.45, 2.75) is 6.92 Å². The normalized spacial score (nSPS) is 10.6. The lowest BCUT2D eigenvalue weighted by Gasteiger charge is -2.10. The lowest BCUT2D eigenvalue weighted by Crippen LogP contribution is -2.12. The van der Waals surface area contributed by atoms with Crippen LogP contribution in [0.15, 0.2) is 72.8 Å². The molecule has 4 rings (SSSR count). The Hall–Kier alpha value is -3.39. The van der Waals surface area contributed by atoms with E-state index in [1.54, 1.807) is 24.3 Å². The molecular weight excluding hydrogens is 493 g/mol. The third-order valence-corrected chi connectivity index (χ3v) is 6.15. The summed E-state index contributed by atoms with van der Waals surface area (Å²) < 4.78 is 5.42. The zero-order valence-corrected chi connectivity index (χ0v) is 20.3. The van der Waals surface area contributed by atoms with E-state index in [0.717, 1.165) is 16.9 Å². The van der Waals surface area contributed by atoms with Gasteiger partial charge in [-0.15, -0.1) is 0 Å². The minimum atomic E-state index is -0.443. The van der Waals surface area contributed by atoms with Crippen LogP contribution in [0, 0.1) is 0 Å². The molecule has 0 atom stereocenters. The highest BCUT2D eigenvalue weighted by molar-refractivity contribution is 7.20. The summed E-state index contributed by atoms with van der Waals surface area (Å²) >= 11 is 13.6. The first kappa shape index (κ1) is 23.8. The first-order valence-corrected chi connectivity index (χ1v) is 11.9. The second-order valence-corrected chi connectivity index (χ2v) is 8.85. The average Bonchev–Trinajstić information content (AvgIpc) is 3.24. The number of rotatable bonds is 7. The van der Waals surface area contributed by atoms with Crippen LogP contribution in [0.1, 0.15) is 27.6 Å². The smallest absolute Gasteiger partial charge is 0.257 e. The number of amides is 2. The Bertz CT molecular complexity index is 1310. The Balaban J connectivity index is 1.62. The first-order valence-electron chi connectivity index (χ1n) is 10.3. The van der Waals surface area contributed by atoms with Crippen molar-refractivity contribution >= 4 is 56.5 Å². The summed E-state index contributed by atoms with van der Waals surface area (Å²) in [7, 11) is 0. The summed E-state index contributed by atoms with van der Waals surface area (Å²) in [6, 6.07) is 21.2. The van der Waals surface area contributed by atoms with Crippen LogP contribution >= 0.6 is 34.5 Å². The quantitative estimate of drug-likeness (QED) is 0.279. The third kappa shape index (κ3) is 5.39. The Morgan fingerprint density at radius 3 is 2.09 bits per heavy atom. The van der Waals surface area contributed by atoms with E-state index >= 15 is 0 Å². The molecule has 1 heterocycles. The van der Waals surface area contributed by atoms with Crippen molar-refractivity contribution in [3.05, 3.63) is 94.0 Å². The van der Waals surface area contributed by atoms with Gasteiger partial charge in [-0.2, -0.15) is 0 Å². The molecule has 0 spiro atoms. The number of ether oxygens (including phenoxy) is 1. The van der Waals surface area contributed by atoms with Crippen LogP contribution in [0.4, 0.5) is 10.1 Å². The van der Waals surface area contributed by atoms with Gasteiger partial charge in [0, 0.05) is 16.7 Å². The molecule has 0 radical (unpaired) electrons. The molecule has 1 aromatic heterocycles. The highest BCUT2D eigenvalue weighted by Crippen LogP contribution is 2.37. The van der Waals surface area contributed by atoms with Gasteiger partial charge in [0.1, 0.15) is 10.7 Å². The number of nitrogens with one attached hydrogen (secondary N) is 2. The molecule has 0 saturated carbocycles. The van der Waals surface area contributed by atoms with Crippen LogP contribution in [-0.4, -0.2) is 23.4 Å². The van der Waals surface area contributed by atoms with Crippen LogP contribution in [-0.2, 0) is 0 Å². The maximum Gasteiger partial charge on any atom is 0.257 e. The van der Waals surface area contributed by atoms with Crippen LogP contribution in [0.5, 0.6) is 5.75 Å². The zero-order valence-electron chi connectivity index (χ0n) is 18.0. The number of hydrogen-bond acceptors (Lipinski definition) is 5. The van der Waals surface area contributed by atoms with Crippen molar-refractivity contribution in [3.63, 3.8) is 0 Å². The summed E-state index contributed by atoms with van der Waals surface area (Å²) in [5, 5.41) is 6.97. The largest absolute Gasteiger partial charge is 0.491 e. The van der Waals surface area contributed by atoms with Gasteiger partial charge in [0.15, 0.2) is 10.9 Å². The fraction of sp³-hybridized carbons (Fsp3) is 0.0800. The van der Waals surface area contributed by atoms with Crippen LogP contribution in [0.2, 0.25) is 10.0 Å². The fourth-order valence-electron chi connectivity index (χ4n) is 3.16. The fourth-order valence-corrected chi connectivity index (χ4v) is 4.63. The second-order valence-electron chi connectivity index (χ2n) is 7.04. The number of hydrogen-bond donors (Lipinski definition) is 2. The van der Waals surface area contributed by atoms with E-state index in [4.69, 9.17) is 27.9 Å². The minimum absolute atomic E-state index is 0.236. The number of carbonyl (C=O) groups is 2. The number of nitrogens with zero attached hydrogens (tertiary/aromatic N) is 1. The number of benzene rings is 3. The lowest BCUT2D eigenvalue weighted by molar-refractivity contribution is 0.101. The summed E-state index contributed by atoms with van der Waals surface area (Å²) in [6.45, 7) is 2.21. The Kier molecular flexibility index (Phi) is 7.47. The molecule has 0 fully saturated rings. The maximum atomic E-state index is 12.9. The summed E-state index contributed by atoms with van der Waals surface area (Å²) in [6.07, 6.45) is 0. The van der Waals surface area contributed by atoms with Crippen molar-refractivity contribution in [1.29, 1.82) is 0 Å². The van der Waals surface area contributed by atoms with Crippen molar-refractivity contribution in [2.24, 2.45) is 0 Å². The Labute approximate surface area is 210 Å². The molecule has 4 aromatic rings. The summed E-state index contributed by atoms with van der Waals surface area (Å²) in [5.74, 6) is -0.389. The van der Waals surface area contributed by atoms with E-state index in [1.165, 1.54) is 12.1 Å². The first-order chi connectivity index (χ1) is 16.5. The molecule has 3 aromatic carbocycles. The van der Waals surface area contributed by atoms with Crippen LogP contribution in [0.3, 0.4) is 0 Å². The standard InChI is InChI=1S/C25H19Cl2N3O3S/c1-2-33-21-18(26)13-17(14-19(21)27)23(32)30-25-28-20(15-9-5-3-6-10-15)24(34-25)29-22(31)16-11-7-4-8-12-16/h3-14H,2H2,1H3,(H,29,31)(H,28,30,32). The van der Waals surface area contributed by atoms with Gasteiger partial charge in [-0.3, -0.25) is 14.9 Å². The predicted molar refractivity (Wildman–Crippen MR) is 138 cm³/mol. The highest BCUT2D eigenvalue weighted by atomic mass is 35.5. The molecule has 0 aliphatic carbocycles. The van der Waals surface area contributed by atoms with Crippen LogP contribution in [0.25, 0.3) is 11.3 Å². The van der Waals surface area contributed by atoms with Gasteiger partial charge in [0.05, 0.1) is 16.7 Å². The van der Waals surface area contributed by atoms with Crippen molar-refractivity contribution in [2.75, 3.05) is 17.2 Å². The van der Waals surface area contributed by atoms with Gasteiger partial charge in [0.25, 0.3) is 11.8 Å². The summed E-state index contributed by atoms with van der Waals surface area (Å²) in [4.78, 5) is 30.2. The second kappa shape index (κ2) is 10.7. The van der Waals surface area contributed by atoms with E-state index in [-0.39, 0.29) is 21.5 Å². The molecule has 172 valence electrons. The van der Waals surface area contributed by atoms with Gasteiger partial charge >= 0.3 is 0 Å². The number of thiazole rings is 1. The molecule has 6 nitrogen and oxygen atoms in total. The van der Waals surface area contributed by atoms with Gasteiger partial charge in [-0.25, -0.2) is 4.98 Å². The van der Waals surface area contributed by atoms with Gasteiger partial charge in [-0.1, -0.05) is 83.1 Å². The highest BCUT2D eigenvalue weighted by Gasteiger charge is 2.19. The SMILES string of the molecule is CCOc1c(Cl)cc(C(=O)Nc2nc(-c3ccccc3)c(NC(=O)c3ccccc3)s2)cc1Cl. The van der Waals surface area contributed by atoms with Gasteiger partial charge in [0.2, 0.25) is 0 Å². The lowest BCUT2D eigenvalue weighted by atomic mass is 10.1. The molecule has 0 saturated heterocycles. The molecule has 0 bridgehead atoms. The molecule has 0 aliphatic rings. The van der Waals surface area contributed by atoms with Crippen molar-refractivity contribution < 1.29 is 14.3 Å². The molecule has 2 N–H and O–H groups in total. The number of carbonyl (C=O) groups excluding carboxylic acids is 2. The molecular formula is C25H19Cl2N3O3S. The molecule has 2 amide bonds. The van der Waals surface area contributed by atoms with E-state index in [2.05, 4.69) is 15.6 Å². The number of halogens is 2. The van der Waals surface area contributed by atoms with Crippen LogP contribution < -0.4 is 15.4 Å². The topological polar surface area (TPSA) is 80.3 Å². The molecule has 0 aliphatic heterocycles. The van der Waals surface area contributed by atoms with Gasteiger partial charge < -0.3 is 10.1 Å².